The molecule has 2 fully saturated rings. The summed E-state index contributed by atoms with van der Waals surface area (Å²) >= 11 is 0. The summed E-state index contributed by atoms with van der Waals surface area (Å²) in [7, 11) is 1.66. The fraction of sp³-hybridized carbons (Fsp3) is 0.684. The Kier molecular flexibility index (Phi) is 4.92. The summed E-state index contributed by atoms with van der Waals surface area (Å²) in [5.41, 5.74) is 8.00. The van der Waals surface area contributed by atoms with Crippen LogP contribution in [0, 0.1) is 17.8 Å². The van der Waals surface area contributed by atoms with Crippen molar-refractivity contribution in [2.45, 2.75) is 51.5 Å². The molecular formula is C19H30N2O. The van der Waals surface area contributed by atoms with Crippen molar-refractivity contribution in [3.8, 4) is 5.75 Å². The molecule has 2 bridgehead atoms. The smallest absolute Gasteiger partial charge is 0.141 e. The van der Waals surface area contributed by atoms with Crippen LogP contribution in [0.15, 0.2) is 18.2 Å². The zero-order valence-corrected chi connectivity index (χ0v) is 14.0. The monoisotopic (exact) mass is 302 g/mol. The maximum Gasteiger partial charge on any atom is 0.141 e. The predicted octanol–water partition coefficient (Wildman–Crippen LogP) is 3.62. The number of aryl methyl sites for hydroxylation is 1. The molecule has 4 unspecified atom stereocenters. The van der Waals surface area contributed by atoms with E-state index in [9.17, 15) is 0 Å². The maximum atomic E-state index is 5.96. The quantitative estimate of drug-likeness (QED) is 0.597. The standard InChI is InChI=1S/C19H30N2O/c1-13(17-11-15-5-7-16(17)10-15)21-9-3-4-14-6-8-19(22-2)18(20)12-14/h6,8,12-13,15-17,21H,3-5,7,9-11,20H2,1-2H3. The SMILES string of the molecule is COc1ccc(CCCNC(C)C2CC3CCC2C3)cc1N. The third-order valence-corrected chi connectivity index (χ3v) is 5.84. The molecule has 2 aliphatic rings. The second kappa shape index (κ2) is 6.91. The largest absolute Gasteiger partial charge is 0.495 e. The van der Waals surface area contributed by atoms with Gasteiger partial charge in [0.05, 0.1) is 12.8 Å². The third-order valence-electron chi connectivity index (χ3n) is 5.84. The topological polar surface area (TPSA) is 47.3 Å². The Hall–Kier alpha value is -1.22. The molecule has 1 aromatic rings. The molecule has 3 heteroatoms. The lowest BCUT2D eigenvalue weighted by Gasteiger charge is -2.28. The van der Waals surface area contributed by atoms with E-state index in [1.807, 2.05) is 12.1 Å². The summed E-state index contributed by atoms with van der Waals surface area (Å²) in [6, 6.07) is 6.80. The van der Waals surface area contributed by atoms with Gasteiger partial charge in [-0.25, -0.2) is 0 Å². The highest BCUT2D eigenvalue weighted by molar-refractivity contribution is 5.54. The Morgan fingerprint density at radius 2 is 2.18 bits per heavy atom. The molecule has 122 valence electrons. The molecule has 22 heavy (non-hydrogen) atoms. The fourth-order valence-electron chi connectivity index (χ4n) is 4.62. The lowest BCUT2D eigenvalue weighted by atomic mass is 9.84. The van der Waals surface area contributed by atoms with Crippen LogP contribution >= 0.6 is 0 Å². The Labute approximate surface area is 134 Å². The minimum absolute atomic E-state index is 0.677. The molecule has 4 atom stereocenters. The van der Waals surface area contributed by atoms with Gasteiger partial charge >= 0.3 is 0 Å². The van der Waals surface area contributed by atoms with Crippen molar-refractivity contribution in [3.05, 3.63) is 23.8 Å². The molecule has 0 radical (unpaired) electrons. The minimum atomic E-state index is 0.677. The van der Waals surface area contributed by atoms with Crippen LogP contribution in [0.5, 0.6) is 5.75 Å². The first-order valence-corrected chi connectivity index (χ1v) is 8.83. The van der Waals surface area contributed by atoms with Crippen LogP contribution < -0.4 is 15.8 Å². The van der Waals surface area contributed by atoms with E-state index in [4.69, 9.17) is 10.5 Å². The molecule has 3 nitrogen and oxygen atoms in total. The van der Waals surface area contributed by atoms with Crippen LogP contribution in [-0.2, 0) is 6.42 Å². The van der Waals surface area contributed by atoms with Crippen molar-refractivity contribution in [2.75, 3.05) is 19.4 Å². The molecule has 0 heterocycles. The van der Waals surface area contributed by atoms with E-state index in [1.54, 1.807) is 7.11 Å². The lowest BCUT2D eigenvalue weighted by molar-refractivity contribution is 0.260. The zero-order chi connectivity index (χ0) is 15.5. The van der Waals surface area contributed by atoms with E-state index in [0.29, 0.717) is 6.04 Å². The van der Waals surface area contributed by atoms with Gasteiger partial charge in [0.1, 0.15) is 5.75 Å². The normalized spacial score (nSPS) is 28.0. The van der Waals surface area contributed by atoms with E-state index in [-0.39, 0.29) is 0 Å². The van der Waals surface area contributed by atoms with E-state index >= 15 is 0 Å². The van der Waals surface area contributed by atoms with Gasteiger partial charge in [0, 0.05) is 6.04 Å². The molecule has 3 rings (SSSR count). The van der Waals surface area contributed by atoms with Crippen LogP contribution in [0.4, 0.5) is 5.69 Å². The average Bonchev–Trinajstić information content (AvgIpc) is 3.14. The van der Waals surface area contributed by atoms with Gasteiger partial charge in [0.2, 0.25) is 0 Å². The van der Waals surface area contributed by atoms with Crippen LogP contribution in [0.3, 0.4) is 0 Å². The summed E-state index contributed by atoms with van der Waals surface area (Å²) in [6.45, 7) is 3.48. The van der Waals surface area contributed by atoms with Gasteiger partial charge in [-0.2, -0.15) is 0 Å². The van der Waals surface area contributed by atoms with Gasteiger partial charge in [-0.05, 0) is 81.0 Å². The third kappa shape index (κ3) is 3.40. The second-order valence-electron chi connectivity index (χ2n) is 7.26. The highest BCUT2D eigenvalue weighted by Crippen LogP contribution is 2.49. The Balaban J connectivity index is 1.39. The van der Waals surface area contributed by atoms with Gasteiger partial charge in [0.15, 0.2) is 0 Å². The maximum absolute atomic E-state index is 5.96. The Morgan fingerprint density at radius 3 is 2.82 bits per heavy atom. The summed E-state index contributed by atoms with van der Waals surface area (Å²) in [6.07, 6.45) is 8.18. The summed E-state index contributed by atoms with van der Waals surface area (Å²) < 4.78 is 5.20. The summed E-state index contributed by atoms with van der Waals surface area (Å²) in [5, 5.41) is 3.76. The van der Waals surface area contributed by atoms with E-state index in [1.165, 1.54) is 31.2 Å². The van der Waals surface area contributed by atoms with Gasteiger partial charge in [-0.15, -0.1) is 0 Å². The molecule has 0 aromatic heterocycles. The lowest BCUT2D eigenvalue weighted by Crippen LogP contribution is -2.36. The molecule has 0 saturated heterocycles. The number of hydrogen-bond donors (Lipinski definition) is 2. The van der Waals surface area contributed by atoms with Crippen molar-refractivity contribution in [1.82, 2.24) is 5.32 Å². The summed E-state index contributed by atoms with van der Waals surface area (Å²) in [4.78, 5) is 0. The molecule has 0 aliphatic heterocycles. The zero-order valence-electron chi connectivity index (χ0n) is 14.0. The number of rotatable bonds is 7. The van der Waals surface area contributed by atoms with Crippen molar-refractivity contribution < 1.29 is 4.74 Å². The highest BCUT2D eigenvalue weighted by atomic mass is 16.5. The molecule has 2 saturated carbocycles. The van der Waals surface area contributed by atoms with Gasteiger partial charge in [-0.3, -0.25) is 0 Å². The van der Waals surface area contributed by atoms with Crippen molar-refractivity contribution in [3.63, 3.8) is 0 Å². The van der Waals surface area contributed by atoms with Crippen LogP contribution in [-0.4, -0.2) is 19.7 Å². The number of anilines is 1. The first-order valence-electron chi connectivity index (χ1n) is 8.83. The summed E-state index contributed by atoms with van der Waals surface area (Å²) in [5.74, 6) is 3.75. The Morgan fingerprint density at radius 1 is 1.32 bits per heavy atom. The first-order chi connectivity index (χ1) is 10.7. The van der Waals surface area contributed by atoms with E-state index in [0.717, 1.165) is 48.6 Å². The number of hydrogen-bond acceptors (Lipinski definition) is 3. The molecule has 0 amide bonds. The predicted molar refractivity (Wildman–Crippen MR) is 92.1 cm³/mol. The number of nitrogen functional groups attached to an aromatic ring is 1. The van der Waals surface area contributed by atoms with Crippen molar-refractivity contribution in [1.29, 1.82) is 0 Å². The molecular weight excluding hydrogens is 272 g/mol. The first kappa shape index (κ1) is 15.7. The van der Waals surface area contributed by atoms with E-state index < -0.39 is 0 Å². The average molecular weight is 302 g/mol. The molecule has 3 N–H and O–H groups in total. The number of fused-ring (bicyclic) bond motifs is 2. The van der Waals surface area contributed by atoms with Crippen molar-refractivity contribution >= 4 is 5.69 Å². The minimum Gasteiger partial charge on any atom is -0.495 e. The van der Waals surface area contributed by atoms with Crippen LogP contribution in [0.1, 0.15) is 44.6 Å². The number of nitrogens with two attached hydrogens (primary N) is 1. The fourth-order valence-corrected chi connectivity index (χ4v) is 4.62. The Bertz CT molecular complexity index is 502. The van der Waals surface area contributed by atoms with Crippen molar-refractivity contribution in [2.24, 2.45) is 17.8 Å². The second-order valence-corrected chi connectivity index (χ2v) is 7.26. The number of ether oxygens (including phenoxy) is 1. The van der Waals surface area contributed by atoms with E-state index in [2.05, 4.69) is 18.3 Å². The molecule has 0 spiro atoms. The molecule has 2 aliphatic carbocycles. The van der Waals surface area contributed by atoms with Crippen LogP contribution in [0.25, 0.3) is 0 Å². The molecule has 1 aromatic carbocycles. The van der Waals surface area contributed by atoms with Crippen LogP contribution in [0.2, 0.25) is 0 Å². The number of methoxy groups -OCH3 is 1. The number of nitrogens with one attached hydrogen (secondary N) is 1. The number of benzene rings is 1. The van der Waals surface area contributed by atoms with Gasteiger partial charge in [0.25, 0.3) is 0 Å². The highest BCUT2D eigenvalue weighted by Gasteiger charge is 2.41. The van der Waals surface area contributed by atoms with Gasteiger partial charge in [-0.1, -0.05) is 12.5 Å². The van der Waals surface area contributed by atoms with Gasteiger partial charge < -0.3 is 15.8 Å².